The first-order valence-electron chi connectivity index (χ1n) is 5.50. The minimum Gasteiger partial charge on any atom is -0.480 e. The van der Waals surface area contributed by atoms with Crippen LogP contribution in [0.15, 0.2) is 0 Å². The van der Waals surface area contributed by atoms with Gasteiger partial charge in [0.05, 0.1) is 6.54 Å². The summed E-state index contributed by atoms with van der Waals surface area (Å²) in [5.41, 5.74) is 5.25. The monoisotopic (exact) mass is 261 g/mol. The van der Waals surface area contributed by atoms with Crippen LogP contribution in [0.1, 0.15) is 19.8 Å². The van der Waals surface area contributed by atoms with E-state index in [-0.39, 0.29) is 17.9 Å². The Hall–Kier alpha value is -1.67. The zero-order valence-electron chi connectivity index (χ0n) is 10.2. The van der Waals surface area contributed by atoms with Gasteiger partial charge >= 0.3 is 5.97 Å². The molecule has 0 radical (unpaired) electrons. The van der Waals surface area contributed by atoms with Crippen LogP contribution >= 0.6 is 0 Å². The predicted octanol–water partition coefficient (Wildman–Crippen LogP) is -2.30. The Bertz CT molecular complexity index is 333. The average Bonchev–Trinajstić information content (AvgIpc) is 2.76. The third-order valence-corrected chi connectivity index (χ3v) is 2.78. The molecular weight excluding hydrogens is 242 g/mol. The van der Waals surface area contributed by atoms with E-state index in [1.807, 2.05) is 0 Å². The van der Waals surface area contributed by atoms with Crippen molar-refractivity contribution in [2.45, 2.75) is 31.8 Å². The zero-order chi connectivity index (χ0) is 13.0. The van der Waals surface area contributed by atoms with Gasteiger partial charge in [-0.05, 0) is 19.8 Å². The van der Waals surface area contributed by atoms with Gasteiger partial charge in [-0.15, -0.1) is 0 Å². The molecule has 104 valence electrons. The van der Waals surface area contributed by atoms with Crippen LogP contribution < -0.4 is 11.1 Å². The van der Waals surface area contributed by atoms with Crippen LogP contribution in [0.4, 0.5) is 0 Å². The summed E-state index contributed by atoms with van der Waals surface area (Å²) in [7, 11) is 0. The number of nitrogens with one attached hydrogen (secondary N) is 1. The van der Waals surface area contributed by atoms with Gasteiger partial charge in [0, 0.05) is 6.54 Å². The number of hydrogen-bond donors (Lipinski definition) is 3. The van der Waals surface area contributed by atoms with E-state index in [9.17, 15) is 14.4 Å². The fourth-order valence-corrected chi connectivity index (χ4v) is 1.83. The molecule has 0 saturated carbocycles. The molecule has 0 bridgehead atoms. The number of carbonyl (C=O) groups is 3. The first-order chi connectivity index (χ1) is 7.97. The van der Waals surface area contributed by atoms with Gasteiger partial charge in [-0.1, -0.05) is 0 Å². The molecule has 0 aromatic heterocycles. The Balaban J connectivity index is 0.00000289. The van der Waals surface area contributed by atoms with Crippen molar-refractivity contribution in [3.63, 3.8) is 0 Å². The van der Waals surface area contributed by atoms with E-state index in [0.717, 1.165) is 6.42 Å². The maximum absolute atomic E-state index is 11.8. The highest BCUT2D eigenvalue weighted by molar-refractivity contribution is 5.91. The Kier molecular flexibility index (Phi) is 6.28. The highest BCUT2D eigenvalue weighted by Gasteiger charge is 2.34. The number of amides is 2. The van der Waals surface area contributed by atoms with Crippen molar-refractivity contribution in [3.05, 3.63) is 0 Å². The topological polar surface area (TPSA) is 144 Å². The molecule has 8 heteroatoms. The lowest BCUT2D eigenvalue weighted by atomic mass is 10.2. The van der Waals surface area contributed by atoms with Crippen molar-refractivity contribution in [2.24, 2.45) is 5.73 Å². The van der Waals surface area contributed by atoms with Crippen LogP contribution in [0.5, 0.6) is 0 Å². The van der Waals surface area contributed by atoms with Gasteiger partial charge in [-0.2, -0.15) is 0 Å². The molecule has 1 aliphatic heterocycles. The number of likely N-dealkylation sites (tertiary alicyclic amines) is 1. The standard InChI is InChI=1S/C10H17N3O4.H2O/c1-6(10(16)17)12-9(15)7-3-2-4-13(7)8(14)5-11;/h6-7H,2-5,11H2,1H3,(H,12,15)(H,16,17);1H2/t6-,7-;/m0./s1. The van der Waals surface area contributed by atoms with Crippen LogP contribution in [-0.4, -0.2) is 58.4 Å². The molecule has 2 atom stereocenters. The second-order valence-corrected chi connectivity index (χ2v) is 4.02. The quantitative estimate of drug-likeness (QED) is 0.521. The maximum atomic E-state index is 11.8. The highest BCUT2D eigenvalue weighted by atomic mass is 16.4. The van der Waals surface area contributed by atoms with Gasteiger partial charge in [-0.3, -0.25) is 14.4 Å². The number of aliphatic carboxylic acids is 1. The largest absolute Gasteiger partial charge is 0.480 e. The maximum Gasteiger partial charge on any atom is 0.325 e. The Morgan fingerprint density at radius 3 is 2.61 bits per heavy atom. The minimum atomic E-state index is -1.10. The number of carboxylic acids is 1. The van der Waals surface area contributed by atoms with E-state index in [1.165, 1.54) is 11.8 Å². The molecule has 1 rings (SSSR count). The molecule has 0 spiro atoms. The average molecular weight is 261 g/mol. The molecule has 2 amide bonds. The second-order valence-electron chi connectivity index (χ2n) is 4.02. The van der Waals surface area contributed by atoms with Crippen LogP contribution in [0.2, 0.25) is 0 Å². The van der Waals surface area contributed by atoms with E-state index in [0.29, 0.717) is 13.0 Å². The van der Waals surface area contributed by atoms with E-state index in [1.54, 1.807) is 0 Å². The molecule has 0 aromatic rings. The molecule has 1 fully saturated rings. The van der Waals surface area contributed by atoms with Crippen LogP contribution in [0, 0.1) is 0 Å². The van der Waals surface area contributed by atoms with E-state index in [2.05, 4.69) is 5.32 Å². The van der Waals surface area contributed by atoms with Gasteiger partial charge in [0.1, 0.15) is 12.1 Å². The summed E-state index contributed by atoms with van der Waals surface area (Å²) in [6, 6.07) is -1.55. The van der Waals surface area contributed by atoms with E-state index < -0.39 is 24.0 Å². The van der Waals surface area contributed by atoms with Crippen LogP contribution in [0.25, 0.3) is 0 Å². The summed E-state index contributed by atoms with van der Waals surface area (Å²) in [5.74, 6) is -1.82. The Labute approximate surface area is 104 Å². The summed E-state index contributed by atoms with van der Waals surface area (Å²) in [6.45, 7) is 1.73. The number of carbonyl (C=O) groups excluding carboxylic acids is 2. The van der Waals surface area contributed by atoms with Crippen molar-refractivity contribution in [1.29, 1.82) is 0 Å². The zero-order valence-corrected chi connectivity index (χ0v) is 10.2. The first-order valence-corrected chi connectivity index (χ1v) is 5.50. The first kappa shape index (κ1) is 16.3. The molecular formula is C10H19N3O5. The summed E-state index contributed by atoms with van der Waals surface area (Å²) >= 11 is 0. The number of carboxylic acid groups (broad SMARTS) is 1. The highest BCUT2D eigenvalue weighted by Crippen LogP contribution is 2.17. The second kappa shape index (κ2) is 6.92. The number of rotatable bonds is 4. The minimum absolute atomic E-state index is 0. The lowest BCUT2D eigenvalue weighted by molar-refractivity contribution is -0.143. The summed E-state index contributed by atoms with van der Waals surface area (Å²) < 4.78 is 0. The van der Waals surface area contributed by atoms with Crippen LogP contribution in [0.3, 0.4) is 0 Å². The molecule has 0 aromatic carbocycles. The molecule has 0 aliphatic carbocycles. The molecule has 1 saturated heterocycles. The van der Waals surface area contributed by atoms with E-state index >= 15 is 0 Å². The van der Waals surface area contributed by atoms with Crippen molar-refractivity contribution < 1.29 is 25.0 Å². The van der Waals surface area contributed by atoms with Crippen molar-refractivity contribution in [2.75, 3.05) is 13.1 Å². The fraction of sp³-hybridized carbons (Fsp3) is 0.700. The molecule has 1 aliphatic rings. The van der Waals surface area contributed by atoms with Gasteiger partial charge in [0.15, 0.2) is 0 Å². The van der Waals surface area contributed by atoms with Crippen molar-refractivity contribution >= 4 is 17.8 Å². The third kappa shape index (κ3) is 3.67. The smallest absolute Gasteiger partial charge is 0.325 e. The summed E-state index contributed by atoms with van der Waals surface area (Å²) in [5, 5.41) is 11.0. The summed E-state index contributed by atoms with van der Waals surface area (Å²) in [4.78, 5) is 35.2. The molecule has 1 heterocycles. The SMILES string of the molecule is C[C@H](NC(=O)[C@@H]1CCCN1C(=O)CN)C(=O)O.O. The third-order valence-electron chi connectivity index (χ3n) is 2.78. The van der Waals surface area contributed by atoms with Gasteiger partial charge in [-0.25, -0.2) is 0 Å². The molecule has 6 N–H and O–H groups in total. The van der Waals surface area contributed by atoms with Crippen LogP contribution in [-0.2, 0) is 14.4 Å². The lowest BCUT2D eigenvalue weighted by Gasteiger charge is -2.24. The van der Waals surface area contributed by atoms with Gasteiger partial charge < -0.3 is 26.5 Å². The van der Waals surface area contributed by atoms with Crippen molar-refractivity contribution in [1.82, 2.24) is 10.2 Å². The Morgan fingerprint density at radius 1 is 1.50 bits per heavy atom. The number of hydrogen-bond acceptors (Lipinski definition) is 4. The predicted molar refractivity (Wildman–Crippen MR) is 62.6 cm³/mol. The molecule has 0 unspecified atom stereocenters. The fourth-order valence-electron chi connectivity index (χ4n) is 1.83. The Morgan fingerprint density at radius 2 is 2.11 bits per heavy atom. The summed E-state index contributed by atoms with van der Waals surface area (Å²) in [6.07, 6.45) is 1.27. The van der Waals surface area contributed by atoms with E-state index in [4.69, 9.17) is 10.8 Å². The van der Waals surface area contributed by atoms with Gasteiger partial charge in [0.2, 0.25) is 11.8 Å². The lowest BCUT2D eigenvalue weighted by Crippen LogP contribution is -2.51. The van der Waals surface area contributed by atoms with Gasteiger partial charge in [0.25, 0.3) is 0 Å². The van der Waals surface area contributed by atoms with Crippen molar-refractivity contribution in [3.8, 4) is 0 Å². The molecule has 18 heavy (non-hydrogen) atoms. The molecule has 8 nitrogen and oxygen atoms in total. The number of nitrogens with zero attached hydrogens (tertiary/aromatic N) is 1. The number of nitrogens with two attached hydrogens (primary N) is 1. The normalized spacial score (nSPS) is 19.9.